The van der Waals surface area contributed by atoms with Gasteiger partial charge in [0.1, 0.15) is 0 Å². The van der Waals surface area contributed by atoms with Crippen LogP contribution in [0, 0.1) is 4.91 Å². The summed E-state index contributed by atoms with van der Waals surface area (Å²) in [6.45, 7) is 1.91. The van der Waals surface area contributed by atoms with E-state index in [0.29, 0.717) is 6.42 Å². The van der Waals surface area contributed by atoms with Crippen molar-refractivity contribution in [1.29, 1.82) is 0 Å². The van der Waals surface area contributed by atoms with Crippen molar-refractivity contribution in [3.8, 4) is 0 Å². The van der Waals surface area contributed by atoms with Crippen LogP contribution in [-0.2, 0) is 4.79 Å². The van der Waals surface area contributed by atoms with E-state index in [1.807, 2.05) is 37.3 Å². The Morgan fingerprint density at radius 1 is 1.40 bits per heavy atom. The molecule has 0 saturated carbocycles. The maximum Gasteiger partial charge on any atom is 0.252 e. The van der Waals surface area contributed by atoms with Crippen LogP contribution in [0.3, 0.4) is 0 Å². The molecule has 4 nitrogen and oxygen atoms in total. The third-order valence-corrected chi connectivity index (χ3v) is 2.35. The Bertz CT molecular complexity index is 338. The molecule has 1 rings (SSSR count). The molecule has 1 aromatic carbocycles. The van der Waals surface area contributed by atoms with Gasteiger partial charge in [0.05, 0.1) is 11.2 Å². The van der Waals surface area contributed by atoms with Crippen molar-refractivity contribution in [2.24, 2.45) is 5.29 Å². The zero-order chi connectivity index (χ0) is 11.3. The van der Waals surface area contributed by atoms with Gasteiger partial charge in [-0.25, -0.2) is 0 Å². The summed E-state index contributed by atoms with van der Waals surface area (Å²) in [5.74, 6) is -0.549. The second-order valence-corrected chi connectivity index (χ2v) is 3.32. The van der Waals surface area contributed by atoms with Gasteiger partial charge in [0, 0.05) is 7.05 Å². The SMILES string of the molecule is CC[C@@H](C(=O)N(C)N=O)c1ccccc1. The van der Waals surface area contributed by atoms with Crippen LogP contribution in [0.5, 0.6) is 0 Å². The number of carbonyl (C=O) groups is 1. The average molecular weight is 206 g/mol. The van der Waals surface area contributed by atoms with E-state index in [1.54, 1.807) is 0 Å². The fraction of sp³-hybridized carbons (Fsp3) is 0.364. The van der Waals surface area contributed by atoms with Gasteiger partial charge in [0.25, 0.3) is 5.91 Å². The largest absolute Gasteiger partial charge is 0.272 e. The molecule has 0 aromatic heterocycles. The molecule has 1 atom stereocenters. The first-order valence-corrected chi connectivity index (χ1v) is 4.86. The van der Waals surface area contributed by atoms with Crippen LogP contribution in [-0.4, -0.2) is 18.0 Å². The van der Waals surface area contributed by atoms with E-state index in [0.717, 1.165) is 10.6 Å². The van der Waals surface area contributed by atoms with Crippen LogP contribution in [0.4, 0.5) is 0 Å². The lowest BCUT2D eigenvalue weighted by molar-refractivity contribution is -0.131. The van der Waals surface area contributed by atoms with Crippen LogP contribution >= 0.6 is 0 Å². The Morgan fingerprint density at radius 2 is 2.00 bits per heavy atom. The Labute approximate surface area is 88.8 Å². The van der Waals surface area contributed by atoms with E-state index >= 15 is 0 Å². The van der Waals surface area contributed by atoms with Gasteiger partial charge in [-0.3, -0.25) is 4.79 Å². The molecular formula is C11H14N2O2. The van der Waals surface area contributed by atoms with E-state index in [-0.39, 0.29) is 11.8 Å². The Morgan fingerprint density at radius 3 is 2.47 bits per heavy atom. The number of benzene rings is 1. The molecule has 80 valence electrons. The fourth-order valence-corrected chi connectivity index (χ4v) is 1.50. The first-order valence-electron chi connectivity index (χ1n) is 4.86. The molecule has 0 unspecified atom stereocenters. The summed E-state index contributed by atoms with van der Waals surface area (Å²) in [7, 11) is 1.38. The normalized spacial score (nSPS) is 11.9. The predicted molar refractivity (Wildman–Crippen MR) is 58.0 cm³/mol. The predicted octanol–water partition coefficient (Wildman–Crippen LogP) is 2.32. The molecule has 4 heteroatoms. The highest BCUT2D eigenvalue weighted by molar-refractivity contribution is 5.83. The van der Waals surface area contributed by atoms with Crippen LogP contribution < -0.4 is 0 Å². The van der Waals surface area contributed by atoms with Crippen molar-refractivity contribution in [1.82, 2.24) is 5.01 Å². The van der Waals surface area contributed by atoms with E-state index in [9.17, 15) is 9.70 Å². The van der Waals surface area contributed by atoms with Gasteiger partial charge in [-0.2, -0.15) is 5.01 Å². The van der Waals surface area contributed by atoms with Crippen molar-refractivity contribution < 1.29 is 4.79 Å². The molecule has 1 aromatic rings. The topological polar surface area (TPSA) is 49.7 Å². The Balaban J connectivity index is 2.90. The van der Waals surface area contributed by atoms with Crippen LogP contribution in [0.25, 0.3) is 0 Å². The lowest BCUT2D eigenvalue weighted by Crippen LogP contribution is -2.26. The lowest BCUT2D eigenvalue weighted by Gasteiger charge is -2.16. The fourth-order valence-electron chi connectivity index (χ4n) is 1.50. The summed E-state index contributed by atoms with van der Waals surface area (Å²) in [6, 6.07) is 9.40. The molecule has 0 aliphatic rings. The molecule has 0 saturated heterocycles. The van der Waals surface area contributed by atoms with Gasteiger partial charge in [-0.1, -0.05) is 37.3 Å². The van der Waals surface area contributed by atoms with E-state index in [4.69, 9.17) is 0 Å². The summed E-state index contributed by atoms with van der Waals surface area (Å²) in [5.41, 5.74) is 0.917. The van der Waals surface area contributed by atoms with Gasteiger partial charge in [-0.05, 0) is 12.0 Å². The van der Waals surface area contributed by atoms with Crippen molar-refractivity contribution in [3.63, 3.8) is 0 Å². The molecule has 0 heterocycles. The summed E-state index contributed by atoms with van der Waals surface area (Å²) in [4.78, 5) is 22.0. The van der Waals surface area contributed by atoms with Gasteiger partial charge >= 0.3 is 0 Å². The van der Waals surface area contributed by atoms with Crippen LogP contribution in [0.2, 0.25) is 0 Å². The monoisotopic (exact) mass is 206 g/mol. The summed E-state index contributed by atoms with van der Waals surface area (Å²) in [6.07, 6.45) is 0.655. The minimum atomic E-state index is -0.283. The van der Waals surface area contributed by atoms with Gasteiger partial charge < -0.3 is 0 Å². The summed E-state index contributed by atoms with van der Waals surface area (Å²) in [5, 5.41) is 3.46. The third kappa shape index (κ3) is 2.62. The van der Waals surface area contributed by atoms with E-state index in [2.05, 4.69) is 5.29 Å². The molecule has 0 radical (unpaired) electrons. The van der Waals surface area contributed by atoms with Crippen LogP contribution in [0.15, 0.2) is 35.6 Å². The number of rotatable bonds is 4. The van der Waals surface area contributed by atoms with Gasteiger partial charge in [0.15, 0.2) is 0 Å². The van der Waals surface area contributed by atoms with Crippen molar-refractivity contribution in [2.75, 3.05) is 7.05 Å². The molecule has 0 spiro atoms. The second-order valence-electron chi connectivity index (χ2n) is 3.32. The average Bonchev–Trinajstić information content (AvgIpc) is 2.30. The van der Waals surface area contributed by atoms with Crippen molar-refractivity contribution >= 4 is 5.91 Å². The molecule has 15 heavy (non-hydrogen) atoms. The quantitative estimate of drug-likeness (QED) is 0.560. The number of nitroso groups, excluding NO2 is 1. The smallest absolute Gasteiger partial charge is 0.252 e. The molecular weight excluding hydrogens is 192 g/mol. The molecule has 1 amide bonds. The number of amides is 1. The van der Waals surface area contributed by atoms with Crippen molar-refractivity contribution in [2.45, 2.75) is 19.3 Å². The highest BCUT2D eigenvalue weighted by Gasteiger charge is 2.22. The van der Waals surface area contributed by atoms with E-state index < -0.39 is 0 Å². The first-order chi connectivity index (χ1) is 7.20. The van der Waals surface area contributed by atoms with E-state index in [1.165, 1.54) is 7.05 Å². The summed E-state index contributed by atoms with van der Waals surface area (Å²) < 4.78 is 0. The highest BCUT2D eigenvalue weighted by Crippen LogP contribution is 2.21. The highest BCUT2D eigenvalue weighted by atomic mass is 16.3. The molecule has 0 aliphatic heterocycles. The number of carbonyl (C=O) groups excluding carboxylic acids is 1. The molecule has 0 bridgehead atoms. The minimum absolute atomic E-state index is 0.265. The van der Waals surface area contributed by atoms with Crippen LogP contribution in [0.1, 0.15) is 24.8 Å². The van der Waals surface area contributed by atoms with Crippen molar-refractivity contribution in [3.05, 3.63) is 40.8 Å². The maximum atomic E-state index is 11.7. The lowest BCUT2D eigenvalue weighted by atomic mass is 9.96. The maximum absolute atomic E-state index is 11.7. The number of nitrogens with zero attached hydrogens (tertiary/aromatic N) is 2. The third-order valence-electron chi connectivity index (χ3n) is 2.35. The Hall–Kier alpha value is -1.71. The molecule has 0 N–H and O–H groups in total. The Kier molecular flexibility index (Phi) is 3.97. The van der Waals surface area contributed by atoms with Gasteiger partial charge in [0.2, 0.25) is 0 Å². The summed E-state index contributed by atoms with van der Waals surface area (Å²) >= 11 is 0. The first kappa shape index (κ1) is 11.4. The number of likely N-dealkylation sites (N-methyl/N-ethyl adjacent to an activating group) is 1. The van der Waals surface area contributed by atoms with Gasteiger partial charge in [-0.15, -0.1) is 4.91 Å². The zero-order valence-corrected chi connectivity index (χ0v) is 8.88. The second kappa shape index (κ2) is 5.24. The standard InChI is InChI=1S/C11H14N2O2/c1-3-10(11(14)13(2)12-15)9-7-5-4-6-8-9/h4-8,10H,3H2,1-2H3/t10-/m1/s1. The zero-order valence-electron chi connectivity index (χ0n) is 8.88. The molecule has 0 fully saturated rings. The number of hydrogen-bond acceptors (Lipinski definition) is 3. The molecule has 0 aliphatic carbocycles. The number of hydrogen-bond donors (Lipinski definition) is 0. The minimum Gasteiger partial charge on any atom is -0.272 e.